The van der Waals surface area contributed by atoms with Crippen LogP contribution in [0.25, 0.3) is 11.0 Å². The second-order valence-corrected chi connectivity index (χ2v) is 7.99. The third-order valence-corrected chi connectivity index (χ3v) is 6.46. The Morgan fingerprint density at radius 2 is 1.96 bits per heavy atom. The highest BCUT2D eigenvalue weighted by molar-refractivity contribution is 5.82. The van der Waals surface area contributed by atoms with Gasteiger partial charge < -0.3 is 19.4 Å². The van der Waals surface area contributed by atoms with E-state index >= 15 is 0 Å². The first-order chi connectivity index (χ1) is 13.6. The predicted molar refractivity (Wildman–Crippen MR) is 108 cm³/mol. The monoisotopic (exact) mass is 384 g/mol. The van der Waals surface area contributed by atoms with Crippen LogP contribution in [0.1, 0.15) is 30.4 Å². The third-order valence-electron chi connectivity index (χ3n) is 6.46. The summed E-state index contributed by atoms with van der Waals surface area (Å²) >= 11 is 0. The maximum absolute atomic E-state index is 12.8. The standard InChI is InChI=1S/C22H28N2O4/c1-14-18-4-3-17(27-2)11-20(18)28-22(26)19(14)5-6-21(25)24-9-7-15-12-23-13-16(15)8-10-24/h3-4,11,15-16,23H,5-10,12-13H2,1-2H3/t15-,16+. The van der Waals surface area contributed by atoms with Crippen LogP contribution in [0, 0.1) is 18.8 Å². The van der Waals surface area contributed by atoms with Gasteiger partial charge in [0.05, 0.1) is 7.11 Å². The van der Waals surface area contributed by atoms with E-state index in [-0.39, 0.29) is 11.5 Å². The zero-order valence-electron chi connectivity index (χ0n) is 16.6. The number of benzene rings is 1. The topological polar surface area (TPSA) is 71.8 Å². The van der Waals surface area contributed by atoms with Gasteiger partial charge in [0.25, 0.3) is 0 Å². The van der Waals surface area contributed by atoms with Crippen LogP contribution in [0.15, 0.2) is 27.4 Å². The van der Waals surface area contributed by atoms with E-state index in [0.717, 1.165) is 50.0 Å². The molecule has 0 radical (unpaired) electrons. The Bertz CT molecular complexity index is 922. The Morgan fingerprint density at radius 1 is 1.25 bits per heavy atom. The van der Waals surface area contributed by atoms with E-state index in [4.69, 9.17) is 9.15 Å². The van der Waals surface area contributed by atoms with Crippen molar-refractivity contribution in [2.75, 3.05) is 33.3 Å². The number of methoxy groups -OCH3 is 1. The second-order valence-electron chi connectivity index (χ2n) is 7.99. The van der Waals surface area contributed by atoms with Crippen LogP contribution in [-0.2, 0) is 11.2 Å². The molecule has 1 aromatic heterocycles. The molecule has 28 heavy (non-hydrogen) atoms. The number of fused-ring (bicyclic) bond motifs is 2. The lowest BCUT2D eigenvalue weighted by Crippen LogP contribution is -2.33. The Morgan fingerprint density at radius 3 is 2.64 bits per heavy atom. The molecule has 150 valence electrons. The minimum atomic E-state index is -0.359. The summed E-state index contributed by atoms with van der Waals surface area (Å²) in [5.41, 5.74) is 1.65. The minimum Gasteiger partial charge on any atom is -0.497 e. The van der Waals surface area contributed by atoms with Crippen LogP contribution in [0.5, 0.6) is 5.75 Å². The van der Waals surface area contributed by atoms with Crippen molar-refractivity contribution in [1.29, 1.82) is 0 Å². The van der Waals surface area contributed by atoms with Crippen LogP contribution < -0.4 is 15.7 Å². The smallest absolute Gasteiger partial charge is 0.339 e. The lowest BCUT2D eigenvalue weighted by Gasteiger charge is -2.21. The molecular weight excluding hydrogens is 356 g/mol. The molecule has 2 saturated heterocycles. The fourth-order valence-corrected chi connectivity index (χ4v) is 4.65. The number of nitrogens with one attached hydrogen (secondary N) is 1. The fraction of sp³-hybridized carbons (Fsp3) is 0.545. The number of carbonyl (C=O) groups excluding carboxylic acids is 1. The first kappa shape index (κ1) is 19.0. The van der Waals surface area contributed by atoms with Crippen molar-refractivity contribution < 1.29 is 13.9 Å². The molecule has 6 nitrogen and oxygen atoms in total. The molecule has 2 aromatic rings. The van der Waals surface area contributed by atoms with Crippen molar-refractivity contribution in [3.05, 3.63) is 39.7 Å². The average Bonchev–Trinajstić information content (AvgIpc) is 3.05. The predicted octanol–water partition coefficient (Wildman–Crippen LogP) is 2.50. The Labute approximate surface area is 164 Å². The molecule has 1 aromatic carbocycles. The maximum atomic E-state index is 12.8. The highest BCUT2D eigenvalue weighted by Crippen LogP contribution is 2.28. The number of carbonyl (C=O) groups is 1. The lowest BCUT2D eigenvalue weighted by molar-refractivity contribution is -0.131. The maximum Gasteiger partial charge on any atom is 0.339 e. The largest absolute Gasteiger partial charge is 0.497 e. The number of aryl methyl sites for hydroxylation is 1. The normalized spacial score (nSPS) is 22.1. The molecule has 2 atom stereocenters. The number of hydrogen-bond acceptors (Lipinski definition) is 5. The number of likely N-dealkylation sites (tertiary alicyclic amines) is 1. The molecule has 2 fully saturated rings. The number of nitrogens with zero attached hydrogens (tertiary/aromatic N) is 1. The molecule has 0 spiro atoms. The Balaban J connectivity index is 1.46. The summed E-state index contributed by atoms with van der Waals surface area (Å²) in [6.45, 7) is 5.73. The van der Waals surface area contributed by atoms with Crippen molar-refractivity contribution in [2.45, 2.75) is 32.6 Å². The first-order valence-corrected chi connectivity index (χ1v) is 10.2. The molecule has 0 aliphatic carbocycles. The van der Waals surface area contributed by atoms with E-state index in [1.54, 1.807) is 13.2 Å². The van der Waals surface area contributed by atoms with E-state index < -0.39 is 0 Å². The molecule has 0 bridgehead atoms. The number of rotatable bonds is 4. The number of hydrogen-bond donors (Lipinski definition) is 1. The van der Waals surface area contributed by atoms with E-state index in [1.807, 2.05) is 24.0 Å². The van der Waals surface area contributed by atoms with Gasteiger partial charge in [0, 0.05) is 36.5 Å². The van der Waals surface area contributed by atoms with E-state index in [9.17, 15) is 9.59 Å². The average molecular weight is 384 g/mol. The van der Waals surface area contributed by atoms with Crippen molar-refractivity contribution in [3.63, 3.8) is 0 Å². The van der Waals surface area contributed by atoms with Gasteiger partial charge in [0.1, 0.15) is 11.3 Å². The summed E-state index contributed by atoms with van der Waals surface area (Å²) in [5, 5.41) is 4.35. The van der Waals surface area contributed by atoms with Crippen LogP contribution in [0.4, 0.5) is 0 Å². The minimum absolute atomic E-state index is 0.140. The number of amides is 1. The van der Waals surface area contributed by atoms with Crippen molar-refractivity contribution >= 4 is 16.9 Å². The molecular formula is C22H28N2O4. The summed E-state index contributed by atoms with van der Waals surface area (Å²) in [5.74, 6) is 2.19. The van der Waals surface area contributed by atoms with Gasteiger partial charge in [0.15, 0.2) is 0 Å². The van der Waals surface area contributed by atoms with Gasteiger partial charge in [-0.05, 0) is 68.8 Å². The first-order valence-electron chi connectivity index (χ1n) is 10.2. The highest BCUT2D eigenvalue weighted by atomic mass is 16.5. The zero-order valence-corrected chi connectivity index (χ0v) is 16.6. The summed E-state index contributed by atoms with van der Waals surface area (Å²) in [6, 6.07) is 5.48. The number of ether oxygens (including phenoxy) is 1. The lowest BCUT2D eigenvalue weighted by atomic mass is 9.92. The zero-order chi connectivity index (χ0) is 19.7. The molecule has 4 rings (SSSR count). The van der Waals surface area contributed by atoms with Gasteiger partial charge in [-0.3, -0.25) is 4.79 Å². The molecule has 2 aliphatic rings. The summed E-state index contributed by atoms with van der Waals surface area (Å²) < 4.78 is 10.7. The Kier molecular flexibility index (Phi) is 5.40. The molecule has 1 N–H and O–H groups in total. The molecule has 6 heteroatoms. The summed E-state index contributed by atoms with van der Waals surface area (Å²) in [7, 11) is 1.58. The SMILES string of the molecule is COc1ccc2c(C)c(CCC(=O)N3CC[C@@H]4CNC[C@@H]4CC3)c(=O)oc2c1. The van der Waals surface area contributed by atoms with Gasteiger partial charge in [0.2, 0.25) is 5.91 Å². The second kappa shape index (κ2) is 7.95. The molecule has 2 aliphatic heterocycles. The van der Waals surface area contributed by atoms with Gasteiger partial charge in [-0.2, -0.15) is 0 Å². The van der Waals surface area contributed by atoms with E-state index in [1.165, 1.54) is 0 Å². The van der Waals surface area contributed by atoms with Gasteiger partial charge >= 0.3 is 5.63 Å². The van der Waals surface area contributed by atoms with Gasteiger partial charge in [-0.1, -0.05) is 0 Å². The van der Waals surface area contributed by atoms with Crippen LogP contribution in [0.3, 0.4) is 0 Å². The van der Waals surface area contributed by atoms with Crippen LogP contribution >= 0.6 is 0 Å². The summed E-state index contributed by atoms with van der Waals surface area (Å²) in [4.78, 5) is 27.3. The van der Waals surface area contributed by atoms with Crippen molar-refractivity contribution in [2.24, 2.45) is 11.8 Å². The Hall–Kier alpha value is -2.34. The van der Waals surface area contributed by atoms with E-state index in [2.05, 4.69) is 5.32 Å². The van der Waals surface area contributed by atoms with Crippen LogP contribution in [0.2, 0.25) is 0 Å². The van der Waals surface area contributed by atoms with Gasteiger partial charge in [-0.15, -0.1) is 0 Å². The molecule has 3 heterocycles. The quantitative estimate of drug-likeness (QED) is 0.820. The van der Waals surface area contributed by atoms with Crippen molar-refractivity contribution in [1.82, 2.24) is 10.2 Å². The molecule has 0 unspecified atom stereocenters. The van der Waals surface area contributed by atoms with Crippen molar-refractivity contribution in [3.8, 4) is 5.75 Å². The van der Waals surface area contributed by atoms with E-state index in [0.29, 0.717) is 41.6 Å². The van der Waals surface area contributed by atoms with Crippen LogP contribution in [-0.4, -0.2) is 44.1 Å². The third kappa shape index (κ3) is 3.65. The van der Waals surface area contributed by atoms with Gasteiger partial charge in [-0.25, -0.2) is 4.79 Å². The molecule has 0 saturated carbocycles. The fourth-order valence-electron chi connectivity index (χ4n) is 4.65. The summed E-state index contributed by atoms with van der Waals surface area (Å²) in [6.07, 6.45) is 2.91. The molecule has 1 amide bonds. The highest BCUT2D eigenvalue weighted by Gasteiger charge is 2.31.